The summed E-state index contributed by atoms with van der Waals surface area (Å²) in [6.07, 6.45) is 0. The van der Waals surface area contributed by atoms with Crippen molar-refractivity contribution in [3.63, 3.8) is 0 Å². The molecule has 1 aliphatic rings. The lowest BCUT2D eigenvalue weighted by molar-refractivity contribution is -0.153. The fraction of sp³-hybridized carbons (Fsp3) is 0.900. The third-order valence-electron chi connectivity index (χ3n) is 2.49. The second-order valence-corrected chi connectivity index (χ2v) is 4.22. The number of ether oxygens (including phenoxy) is 1. The van der Waals surface area contributed by atoms with E-state index in [9.17, 15) is 4.79 Å². The van der Waals surface area contributed by atoms with Crippen LogP contribution in [-0.2, 0) is 9.53 Å². The molecule has 1 aliphatic heterocycles. The van der Waals surface area contributed by atoms with E-state index in [0.29, 0.717) is 12.5 Å². The minimum Gasteiger partial charge on any atom is -0.369 e. The molecule has 1 atom stereocenters. The van der Waals surface area contributed by atoms with Gasteiger partial charge in [-0.2, -0.15) is 0 Å². The van der Waals surface area contributed by atoms with Crippen molar-refractivity contribution in [3.8, 4) is 0 Å². The molecule has 1 unspecified atom stereocenters. The van der Waals surface area contributed by atoms with Gasteiger partial charge in [-0.3, -0.25) is 4.79 Å². The van der Waals surface area contributed by atoms with E-state index < -0.39 is 0 Å². The third-order valence-corrected chi connectivity index (χ3v) is 2.49. The Morgan fingerprint density at radius 1 is 1.38 bits per heavy atom. The quantitative estimate of drug-likeness (QED) is 0.648. The molecule has 3 heteroatoms. The van der Waals surface area contributed by atoms with Gasteiger partial charge in [-0.25, -0.2) is 0 Å². The molecule has 13 heavy (non-hydrogen) atoms. The van der Waals surface area contributed by atoms with Crippen LogP contribution in [0.15, 0.2) is 0 Å². The minimum atomic E-state index is 0.125. The highest BCUT2D eigenvalue weighted by atomic mass is 16.5. The summed E-state index contributed by atoms with van der Waals surface area (Å²) in [6, 6.07) is 0.532. The number of hydrogen-bond acceptors (Lipinski definition) is 2. The average molecular weight is 185 g/mol. The van der Waals surface area contributed by atoms with Gasteiger partial charge in [0.2, 0.25) is 5.91 Å². The Balaban J connectivity index is 2.74. The summed E-state index contributed by atoms with van der Waals surface area (Å²) in [5.41, 5.74) is 0. The zero-order chi connectivity index (χ0) is 10.0. The number of amides is 1. The average Bonchev–Trinajstić information content (AvgIpc) is 2.02. The van der Waals surface area contributed by atoms with Gasteiger partial charge in [0.25, 0.3) is 0 Å². The highest BCUT2D eigenvalue weighted by Gasteiger charge is 2.32. The van der Waals surface area contributed by atoms with Crippen LogP contribution >= 0.6 is 0 Å². The van der Waals surface area contributed by atoms with Gasteiger partial charge >= 0.3 is 0 Å². The number of morpholine rings is 1. The zero-order valence-electron chi connectivity index (χ0n) is 8.91. The van der Waals surface area contributed by atoms with Crippen molar-refractivity contribution in [1.29, 1.82) is 0 Å². The first kappa shape index (κ1) is 10.5. The summed E-state index contributed by atoms with van der Waals surface area (Å²) >= 11 is 0. The van der Waals surface area contributed by atoms with Crippen molar-refractivity contribution >= 4 is 5.91 Å². The molecule has 0 aromatic heterocycles. The van der Waals surface area contributed by atoms with E-state index in [1.165, 1.54) is 0 Å². The fourth-order valence-corrected chi connectivity index (χ4v) is 1.79. The molecule has 0 saturated carbocycles. The normalized spacial score (nSPS) is 24.6. The van der Waals surface area contributed by atoms with Crippen molar-refractivity contribution in [1.82, 2.24) is 4.90 Å². The molecular weight excluding hydrogens is 166 g/mol. The summed E-state index contributed by atoms with van der Waals surface area (Å²) in [4.78, 5) is 13.5. The molecule has 3 nitrogen and oxygen atoms in total. The highest BCUT2D eigenvalue weighted by Crippen LogP contribution is 2.18. The molecule has 0 spiro atoms. The first-order valence-corrected chi connectivity index (χ1v) is 4.93. The zero-order valence-corrected chi connectivity index (χ0v) is 8.91. The molecule has 0 aromatic rings. The van der Waals surface area contributed by atoms with Crippen molar-refractivity contribution in [2.24, 2.45) is 5.92 Å². The lowest BCUT2D eigenvalue weighted by Gasteiger charge is -2.40. The van der Waals surface area contributed by atoms with Crippen LogP contribution in [0.5, 0.6) is 0 Å². The second kappa shape index (κ2) is 4.09. The van der Waals surface area contributed by atoms with Gasteiger partial charge in [0.1, 0.15) is 6.61 Å². The molecule has 1 fully saturated rings. The van der Waals surface area contributed by atoms with E-state index in [1.54, 1.807) is 0 Å². The predicted octanol–water partition coefficient (Wildman–Crippen LogP) is 1.28. The van der Waals surface area contributed by atoms with Gasteiger partial charge in [-0.1, -0.05) is 13.8 Å². The number of carbonyl (C=O) groups excluding carboxylic acids is 1. The molecule has 0 bridgehead atoms. The molecular formula is C10H19NO2. The number of nitrogens with zero attached hydrogens (tertiary/aromatic N) is 1. The van der Waals surface area contributed by atoms with Crippen LogP contribution in [0.4, 0.5) is 0 Å². The Bertz CT molecular complexity index is 189. The Labute approximate surface area is 80.1 Å². The third kappa shape index (κ3) is 2.21. The van der Waals surface area contributed by atoms with Gasteiger partial charge in [-0.15, -0.1) is 0 Å². The number of carbonyl (C=O) groups is 1. The summed E-state index contributed by atoms with van der Waals surface area (Å²) in [5.74, 6) is 0.589. The van der Waals surface area contributed by atoms with Crippen LogP contribution in [0.2, 0.25) is 0 Å². The Morgan fingerprint density at radius 2 is 2.00 bits per heavy atom. The maximum absolute atomic E-state index is 11.6. The Hall–Kier alpha value is -0.570. The summed E-state index contributed by atoms with van der Waals surface area (Å²) in [5, 5.41) is 0. The van der Waals surface area contributed by atoms with Gasteiger partial charge < -0.3 is 9.64 Å². The van der Waals surface area contributed by atoms with Crippen LogP contribution in [-0.4, -0.2) is 36.1 Å². The van der Waals surface area contributed by atoms with E-state index in [-0.39, 0.29) is 24.6 Å². The molecule has 0 aliphatic carbocycles. The monoisotopic (exact) mass is 185 g/mol. The van der Waals surface area contributed by atoms with Crippen molar-refractivity contribution < 1.29 is 9.53 Å². The van der Waals surface area contributed by atoms with Crippen molar-refractivity contribution in [2.45, 2.75) is 39.8 Å². The largest absolute Gasteiger partial charge is 0.369 e. The summed E-state index contributed by atoms with van der Waals surface area (Å²) in [7, 11) is 0. The summed E-state index contributed by atoms with van der Waals surface area (Å²) in [6.45, 7) is 9.30. The molecule has 1 saturated heterocycles. The fourth-order valence-electron chi connectivity index (χ4n) is 1.79. The lowest BCUT2D eigenvalue weighted by atomic mass is 10.0. The molecule has 1 rings (SSSR count). The Kier molecular flexibility index (Phi) is 3.31. The van der Waals surface area contributed by atoms with Crippen LogP contribution in [0.1, 0.15) is 27.7 Å². The van der Waals surface area contributed by atoms with Gasteiger partial charge in [0.05, 0.1) is 12.6 Å². The number of rotatable bonds is 2. The lowest BCUT2D eigenvalue weighted by Crippen LogP contribution is -2.54. The Morgan fingerprint density at radius 3 is 2.38 bits per heavy atom. The number of hydrogen-bond donors (Lipinski definition) is 0. The van der Waals surface area contributed by atoms with Crippen molar-refractivity contribution in [3.05, 3.63) is 0 Å². The smallest absolute Gasteiger partial charge is 0.249 e. The van der Waals surface area contributed by atoms with Gasteiger partial charge in [0.15, 0.2) is 0 Å². The van der Waals surface area contributed by atoms with Crippen molar-refractivity contribution in [2.75, 3.05) is 13.2 Å². The SMILES string of the molecule is CC(C)C1COCC(=O)N1C(C)C. The maximum Gasteiger partial charge on any atom is 0.249 e. The van der Waals surface area contributed by atoms with E-state index in [2.05, 4.69) is 27.7 Å². The predicted molar refractivity (Wildman–Crippen MR) is 51.4 cm³/mol. The maximum atomic E-state index is 11.6. The molecule has 76 valence electrons. The molecule has 0 N–H and O–H groups in total. The summed E-state index contributed by atoms with van der Waals surface area (Å²) < 4.78 is 5.24. The first-order valence-electron chi connectivity index (χ1n) is 4.93. The standard InChI is InChI=1S/C10H19NO2/c1-7(2)9-5-13-6-10(12)11(9)8(3)4/h7-9H,5-6H2,1-4H3. The topological polar surface area (TPSA) is 29.5 Å². The first-order chi connectivity index (χ1) is 6.04. The highest BCUT2D eigenvalue weighted by molar-refractivity contribution is 5.78. The second-order valence-electron chi connectivity index (χ2n) is 4.22. The molecule has 0 aromatic carbocycles. The molecule has 1 heterocycles. The van der Waals surface area contributed by atoms with Gasteiger partial charge in [0, 0.05) is 6.04 Å². The van der Waals surface area contributed by atoms with Crippen LogP contribution < -0.4 is 0 Å². The van der Waals surface area contributed by atoms with E-state index in [4.69, 9.17) is 4.74 Å². The van der Waals surface area contributed by atoms with E-state index in [1.807, 2.05) is 4.90 Å². The molecule has 0 radical (unpaired) electrons. The van der Waals surface area contributed by atoms with E-state index in [0.717, 1.165) is 0 Å². The molecule has 1 amide bonds. The van der Waals surface area contributed by atoms with Crippen LogP contribution in [0.25, 0.3) is 0 Å². The van der Waals surface area contributed by atoms with Gasteiger partial charge in [-0.05, 0) is 19.8 Å². The van der Waals surface area contributed by atoms with Crippen LogP contribution in [0.3, 0.4) is 0 Å². The minimum absolute atomic E-state index is 0.125. The van der Waals surface area contributed by atoms with E-state index >= 15 is 0 Å². The van der Waals surface area contributed by atoms with Crippen LogP contribution in [0, 0.1) is 5.92 Å².